The number of aromatic amines is 1. The van der Waals surface area contributed by atoms with E-state index in [4.69, 9.17) is 5.26 Å². The fourth-order valence-corrected chi connectivity index (χ4v) is 3.03. The topological polar surface area (TPSA) is 98.6 Å². The Balaban J connectivity index is 2.09. The maximum absolute atomic E-state index is 12.3. The lowest BCUT2D eigenvalue weighted by atomic mass is 10.1. The standard InChI is InChI=1S/C18H20N4O2S/c1-4-12-6-8-13(9-7-12)20-16(23)11(3)25-18-21-15(5-2)14(10-19)17(24)22-18/h6-9,11H,4-5H2,1-3H3,(H,20,23)(H,21,22,24). The zero-order valence-electron chi connectivity index (χ0n) is 14.4. The van der Waals surface area contributed by atoms with Gasteiger partial charge in [0.2, 0.25) is 5.91 Å². The van der Waals surface area contributed by atoms with Gasteiger partial charge in [0.05, 0.1) is 10.9 Å². The van der Waals surface area contributed by atoms with Gasteiger partial charge in [-0.3, -0.25) is 9.59 Å². The highest BCUT2D eigenvalue weighted by atomic mass is 32.2. The van der Waals surface area contributed by atoms with Crippen molar-refractivity contribution in [1.82, 2.24) is 9.97 Å². The molecule has 1 aromatic heterocycles. The van der Waals surface area contributed by atoms with Crippen LogP contribution in [-0.2, 0) is 17.6 Å². The van der Waals surface area contributed by atoms with Crippen molar-refractivity contribution in [3.63, 3.8) is 0 Å². The van der Waals surface area contributed by atoms with Crippen molar-refractivity contribution < 1.29 is 4.79 Å². The number of thioether (sulfide) groups is 1. The van der Waals surface area contributed by atoms with E-state index in [1.165, 1.54) is 5.56 Å². The number of hydrogen-bond donors (Lipinski definition) is 2. The molecule has 0 aliphatic carbocycles. The highest BCUT2D eigenvalue weighted by molar-refractivity contribution is 8.00. The molecule has 130 valence electrons. The van der Waals surface area contributed by atoms with E-state index in [0.717, 1.165) is 23.9 Å². The van der Waals surface area contributed by atoms with Gasteiger partial charge in [-0.1, -0.05) is 37.7 Å². The van der Waals surface area contributed by atoms with Gasteiger partial charge < -0.3 is 10.3 Å². The van der Waals surface area contributed by atoms with Crippen LogP contribution in [0, 0.1) is 11.3 Å². The molecule has 1 unspecified atom stereocenters. The summed E-state index contributed by atoms with van der Waals surface area (Å²) in [5.41, 5.74) is 1.92. The molecule has 1 aromatic carbocycles. The minimum Gasteiger partial charge on any atom is -0.325 e. The lowest BCUT2D eigenvalue weighted by molar-refractivity contribution is -0.115. The molecule has 0 radical (unpaired) electrons. The third kappa shape index (κ3) is 4.70. The number of nitrogens with zero attached hydrogens (tertiary/aromatic N) is 2. The highest BCUT2D eigenvalue weighted by Gasteiger charge is 2.18. The Kier molecular flexibility index (Phi) is 6.37. The van der Waals surface area contributed by atoms with Gasteiger partial charge in [-0.2, -0.15) is 5.26 Å². The monoisotopic (exact) mass is 356 g/mol. The van der Waals surface area contributed by atoms with Crippen LogP contribution in [0.1, 0.15) is 37.6 Å². The molecule has 2 rings (SSSR count). The zero-order chi connectivity index (χ0) is 18.4. The minimum atomic E-state index is -0.473. The van der Waals surface area contributed by atoms with E-state index in [1.54, 1.807) is 6.92 Å². The van der Waals surface area contributed by atoms with Gasteiger partial charge in [-0.05, 0) is 37.5 Å². The van der Waals surface area contributed by atoms with Gasteiger partial charge in [0, 0.05) is 5.69 Å². The Morgan fingerprint density at radius 1 is 1.32 bits per heavy atom. The first-order valence-electron chi connectivity index (χ1n) is 8.08. The van der Waals surface area contributed by atoms with Crippen LogP contribution in [0.25, 0.3) is 0 Å². The summed E-state index contributed by atoms with van der Waals surface area (Å²) in [6.45, 7) is 5.64. The van der Waals surface area contributed by atoms with Gasteiger partial charge >= 0.3 is 0 Å². The third-order valence-electron chi connectivity index (χ3n) is 3.71. The summed E-state index contributed by atoms with van der Waals surface area (Å²) in [6, 6.07) is 9.54. The normalized spacial score (nSPS) is 11.6. The number of nitrogens with one attached hydrogen (secondary N) is 2. The number of carbonyl (C=O) groups is 1. The molecule has 2 N–H and O–H groups in total. The number of amides is 1. The van der Waals surface area contributed by atoms with Gasteiger partial charge in [0.25, 0.3) is 5.56 Å². The average molecular weight is 356 g/mol. The molecule has 0 saturated heterocycles. The number of carbonyl (C=O) groups excluding carboxylic acids is 1. The van der Waals surface area contributed by atoms with E-state index in [2.05, 4.69) is 22.2 Å². The van der Waals surface area contributed by atoms with Crippen molar-refractivity contribution in [2.45, 2.75) is 44.0 Å². The van der Waals surface area contributed by atoms with Crippen LogP contribution in [0.15, 0.2) is 34.2 Å². The predicted molar refractivity (Wildman–Crippen MR) is 98.7 cm³/mol. The molecule has 0 spiro atoms. The first-order chi connectivity index (χ1) is 12.0. The molecule has 0 fully saturated rings. The Hall–Kier alpha value is -2.59. The molecule has 0 aliphatic rings. The van der Waals surface area contributed by atoms with Crippen molar-refractivity contribution in [2.75, 3.05) is 5.32 Å². The summed E-state index contributed by atoms with van der Waals surface area (Å²) in [7, 11) is 0. The van der Waals surface area contributed by atoms with Crippen molar-refractivity contribution in [3.8, 4) is 6.07 Å². The fraction of sp³-hybridized carbons (Fsp3) is 0.333. The van der Waals surface area contributed by atoms with Gasteiger partial charge in [-0.15, -0.1) is 0 Å². The van der Waals surface area contributed by atoms with Gasteiger partial charge in [0.1, 0.15) is 11.6 Å². The first kappa shape index (κ1) is 18.7. The summed E-state index contributed by atoms with van der Waals surface area (Å²) in [6.07, 6.45) is 1.42. The minimum absolute atomic E-state index is 0.0277. The number of nitriles is 1. The van der Waals surface area contributed by atoms with Crippen LogP contribution >= 0.6 is 11.8 Å². The second-order valence-electron chi connectivity index (χ2n) is 5.46. The second kappa shape index (κ2) is 8.49. The van der Waals surface area contributed by atoms with Crippen molar-refractivity contribution in [2.24, 2.45) is 0 Å². The molecule has 1 amide bonds. The predicted octanol–water partition coefficient (Wildman–Crippen LogP) is 2.89. The molecule has 25 heavy (non-hydrogen) atoms. The van der Waals surface area contributed by atoms with Crippen LogP contribution in [0.4, 0.5) is 5.69 Å². The van der Waals surface area contributed by atoms with E-state index in [1.807, 2.05) is 37.3 Å². The quantitative estimate of drug-likeness (QED) is 0.612. The average Bonchev–Trinajstić information content (AvgIpc) is 2.61. The van der Waals surface area contributed by atoms with E-state index >= 15 is 0 Å². The van der Waals surface area contributed by atoms with Crippen LogP contribution in [-0.4, -0.2) is 21.1 Å². The first-order valence-corrected chi connectivity index (χ1v) is 8.96. The number of aryl methyl sites for hydroxylation is 2. The highest BCUT2D eigenvalue weighted by Crippen LogP contribution is 2.21. The van der Waals surface area contributed by atoms with E-state index in [9.17, 15) is 9.59 Å². The Morgan fingerprint density at radius 2 is 2.00 bits per heavy atom. The van der Waals surface area contributed by atoms with E-state index in [-0.39, 0.29) is 11.5 Å². The van der Waals surface area contributed by atoms with Crippen LogP contribution < -0.4 is 10.9 Å². The number of benzene rings is 1. The largest absolute Gasteiger partial charge is 0.325 e. The van der Waals surface area contributed by atoms with E-state index < -0.39 is 10.8 Å². The maximum atomic E-state index is 12.3. The molecular formula is C18H20N4O2S. The number of hydrogen-bond acceptors (Lipinski definition) is 5. The molecule has 6 nitrogen and oxygen atoms in total. The lowest BCUT2D eigenvalue weighted by Gasteiger charge is -2.12. The molecule has 0 bridgehead atoms. The van der Waals surface area contributed by atoms with E-state index in [0.29, 0.717) is 17.3 Å². The van der Waals surface area contributed by atoms with Crippen LogP contribution in [0.2, 0.25) is 0 Å². The van der Waals surface area contributed by atoms with Crippen LogP contribution in [0.5, 0.6) is 0 Å². The fourth-order valence-electron chi connectivity index (χ4n) is 2.21. The SMILES string of the molecule is CCc1ccc(NC(=O)C(C)Sc2nc(CC)c(C#N)c(=O)[nH]2)cc1. The molecule has 1 heterocycles. The molecule has 1 atom stereocenters. The Morgan fingerprint density at radius 3 is 2.56 bits per heavy atom. The van der Waals surface area contributed by atoms with Crippen molar-refractivity contribution >= 4 is 23.4 Å². The number of rotatable bonds is 6. The number of aromatic nitrogens is 2. The summed E-state index contributed by atoms with van der Waals surface area (Å²) >= 11 is 1.15. The molecule has 2 aromatic rings. The van der Waals surface area contributed by atoms with Crippen LogP contribution in [0.3, 0.4) is 0 Å². The molecule has 0 aliphatic heterocycles. The maximum Gasteiger partial charge on any atom is 0.269 e. The number of H-pyrrole nitrogens is 1. The second-order valence-corrected chi connectivity index (χ2v) is 6.79. The molecule has 7 heteroatoms. The van der Waals surface area contributed by atoms with Gasteiger partial charge in [0.15, 0.2) is 5.16 Å². The van der Waals surface area contributed by atoms with Gasteiger partial charge in [-0.25, -0.2) is 4.98 Å². The Bertz CT molecular complexity index is 853. The summed E-state index contributed by atoms with van der Waals surface area (Å²) in [5, 5.41) is 11.7. The van der Waals surface area contributed by atoms with Crippen molar-refractivity contribution in [1.29, 1.82) is 5.26 Å². The summed E-state index contributed by atoms with van der Waals surface area (Å²) in [4.78, 5) is 31.1. The number of anilines is 1. The lowest BCUT2D eigenvalue weighted by Crippen LogP contribution is -2.24. The molecule has 0 saturated carbocycles. The third-order valence-corrected chi connectivity index (χ3v) is 4.69. The summed E-state index contributed by atoms with van der Waals surface area (Å²) in [5.74, 6) is -0.181. The smallest absolute Gasteiger partial charge is 0.269 e. The summed E-state index contributed by atoms with van der Waals surface area (Å²) < 4.78 is 0. The molecular weight excluding hydrogens is 336 g/mol. The Labute approximate surface area is 150 Å². The zero-order valence-corrected chi connectivity index (χ0v) is 15.2. The van der Waals surface area contributed by atoms with Crippen molar-refractivity contribution in [3.05, 3.63) is 51.4 Å².